The third-order valence-electron chi connectivity index (χ3n) is 3.05. The Labute approximate surface area is 119 Å². The summed E-state index contributed by atoms with van der Waals surface area (Å²) in [7, 11) is 0. The molecule has 0 radical (unpaired) electrons. The average Bonchev–Trinajstić information content (AvgIpc) is 2.78. The van der Waals surface area contributed by atoms with E-state index in [0.717, 1.165) is 24.2 Å². The van der Waals surface area contributed by atoms with E-state index in [1.807, 2.05) is 29.8 Å². The van der Waals surface area contributed by atoms with Crippen LogP contribution in [-0.4, -0.2) is 20.7 Å². The Bertz CT molecular complexity index is 563. The SMILES string of the molecule is CCCn1nc(NC(=O)CCc2cccnc2)cc1C. The first kappa shape index (κ1) is 14.2. The fourth-order valence-electron chi connectivity index (χ4n) is 2.02. The molecule has 2 heterocycles. The number of aryl methyl sites for hydroxylation is 3. The fourth-order valence-corrected chi connectivity index (χ4v) is 2.02. The molecule has 0 fully saturated rings. The normalized spacial score (nSPS) is 10.5. The molecular weight excluding hydrogens is 252 g/mol. The number of aromatic nitrogens is 3. The van der Waals surface area contributed by atoms with Gasteiger partial charge in [0.25, 0.3) is 0 Å². The highest BCUT2D eigenvalue weighted by molar-refractivity contribution is 5.89. The molecule has 0 aliphatic heterocycles. The zero-order valence-corrected chi connectivity index (χ0v) is 12.0. The molecule has 0 spiro atoms. The van der Waals surface area contributed by atoms with Crippen molar-refractivity contribution in [3.8, 4) is 0 Å². The van der Waals surface area contributed by atoms with E-state index >= 15 is 0 Å². The molecule has 5 nitrogen and oxygen atoms in total. The van der Waals surface area contributed by atoms with Crippen LogP contribution in [0, 0.1) is 6.92 Å². The summed E-state index contributed by atoms with van der Waals surface area (Å²) in [5.41, 5.74) is 2.13. The first-order chi connectivity index (χ1) is 9.69. The molecule has 106 valence electrons. The van der Waals surface area contributed by atoms with Crippen LogP contribution in [0.3, 0.4) is 0 Å². The first-order valence-electron chi connectivity index (χ1n) is 6.92. The highest BCUT2D eigenvalue weighted by Gasteiger charge is 2.07. The molecule has 5 heteroatoms. The van der Waals surface area contributed by atoms with Gasteiger partial charge in [-0.1, -0.05) is 13.0 Å². The van der Waals surface area contributed by atoms with Gasteiger partial charge >= 0.3 is 0 Å². The Morgan fingerprint density at radius 1 is 1.45 bits per heavy atom. The number of carbonyl (C=O) groups is 1. The van der Waals surface area contributed by atoms with Gasteiger partial charge in [0.05, 0.1) is 0 Å². The monoisotopic (exact) mass is 272 g/mol. The van der Waals surface area contributed by atoms with Gasteiger partial charge in [0.15, 0.2) is 5.82 Å². The van der Waals surface area contributed by atoms with Crippen LogP contribution >= 0.6 is 0 Å². The largest absolute Gasteiger partial charge is 0.309 e. The van der Waals surface area contributed by atoms with E-state index < -0.39 is 0 Å². The lowest BCUT2D eigenvalue weighted by atomic mass is 10.1. The van der Waals surface area contributed by atoms with Crippen molar-refractivity contribution in [2.45, 2.75) is 39.7 Å². The van der Waals surface area contributed by atoms with Gasteiger partial charge < -0.3 is 5.32 Å². The van der Waals surface area contributed by atoms with Crippen molar-refractivity contribution < 1.29 is 4.79 Å². The molecule has 2 aromatic heterocycles. The molecule has 1 amide bonds. The molecule has 1 N–H and O–H groups in total. The maximum atomic E-state index is 11.9. The van der Waals surface area contributed by atoms with E-state index in [9.17, 15) is 4.79 Å². The summed E-state index contributed by atoms with van der Waals surface area (Å²) in [4.78, 5) is 15.9. The Hall–Kier alpha value is -2.17. The van der Waals surface area contributed by atoms with Crippen LogP contribution in [0.2, 0.25) is 0 Å². The molecule has 0 saturated heterocycles. The lowest BCUT2D eigenvalue weighted by Gasteiger charge is -2.02. The highest BCUT2D eigenvalue weighted by atomic mass is 16.1. The van der Waals surface area contributed by atoms with Crippen LogP contribution in [0.15, 0.2) is 30.6 Å². The number of anilines is 1. The molecule has 2 rings (SSSR count). The van der Waals surface area contributed by atoms with Gasteiger partial charge in [0.2, 0.25) is 5.91 Å². The topological polar surface area (TPSA) is 59.8 Å². The van der Waals surface area contributed by atoms with Gasteiger partial charge in [-0.2, -0.15) is 5.10 Å². The summed E-state index contributed by atoms with van der Waals surface area (Å²) in [5.74, 6) is 0.613. The number of carbonyl (C=O) groups excluding carboxylic acids is 1. The summed E-state index contributed by atoms with van der Waals surface area (Å²) < 4.78 is 1.91. The molecule has 2 aromatic rings. The number of nitrogens with one attached hydrogen (secondary N) is 1. The van der Waals surface area contributed by atoms with Crippen LogP contribution in [0.25, 0.3) is 0 Å². The third kappa shape index (κ3) is 3.91. The van der Waals surface area contributed by atoms with Gasteiger partial charge in [0, 0.05) is 37.1 Å². The maximum Gasteiger partial charge on any atom is 0.225 e. The second-order valence-corrected chi connectivity index (χ2v) is 4.80. The van der Waals surface area contributed by atoms with Gasteiger partial charge in [-0.25, -0.2) is 0 Å². The van der Waals surface area contributed by atoms with E-state index in [1.165, 1.54) is 0 Å². The minimum absolute atomic E-state index is 0.0185. The molecule has 0 aliphatic carbocycles. The van der Waals surface area contributed by atoms with Crippen LogP contribution in [-0.2, 0) is 17.8 Å². The van der Waals surface area contributed by atoms with E-state index in [2.05, 4.69) is 22.3 Å². The minimum Gasteiger partial charge on any atom is -0.309 e. The van der Waals surface area contributed by atoms with E-state index in [-0.39, 0.29) is 5.91 Å². The van der Waals surface area contributed by atoms with Crippen molar-refractivity contribution in [1.82, 2.24) is 14.8 Å². The highest BCUT2D eigenvalue weighted by Crippen LogP contribution is 2.10. The second kappa shape index (κ2) is 6.84. The molecule has 0 bridgehead atoms. The quantitative estimate of drug-likeness (QED) is 0.879. The molecule has 0 aliphatic rings. The van der Waals surface area contributed by atoms with Crippen LogP contribution in [0.4, 0.5) is 5.82 Å². The Balaban J connectivity index is 1.86. The summed E-state index contributed by atoms with van der Waals surface area (Å²) in [5, 5.41) is 7.21. The van der Waals surface area contributed by atoms with E-state index in [1.54, 1.807) is 12.4 Å². The van der Waals surface area contributed by atoms with Gasteiger partial charge in [-0.05, 0) is 31.4 Å². The van der Waals surface area contributed by atoms with Crippen molar-refractivity contribution in [1.29, 1.82) is 0 Å². The molecule has 0 atom stereocenters. The van der Waals surface area contributed by atoms with Crippen molar-refractivity contribution in [2.24, 2.45) is 0 Å². The smallest absolute Gasteiger partial charge is 0.225 e. The van der Waals surface area contributed by atoms with Gasteiger partial charge in [0.1, 0.15) is 0 Å². The summed E-state index contributed by atoms with van der Waals surface area (Å²) >= 11 is 0. The number of hydrogen-bond acceptors (Lipinski definition) is 3. The molecule has 0 unspecified atom stereocenters. The van der Waals surface area contributed by atoms with Crippen molar-refractivity contribution in [2.75, 3.05) is 5.32 Å². The fraction of sp³-hybridized carbons (Fsp3) is 0.400. The van der Waals surface area contributed by atoms with Crippen molar-refractivity contribution in [3.63, 3.8) is 0 Å². The lowest BCUT2D eigenvalue weighted by Crippen LogP contribution is -2.13. The Morgan fingerprint density at radius 2 is 2.30 bits per heavy atom. The Morgan fingerprint density at radius 3 is 3.00 bits per heavy atom. The molecule has 0 saturated carbocycles. The lowest BCUT2D eigenvalue weighted by molar-refractivity contribution is -0.116. The van der Waals surface area contributed by atoms with E-state index in [0.29, 0.717) is 18.7 Å². The zero-order chi connectivity index (χ0) is 14.4. The predicted molar refractivity (Wildman–Crippen MR) is 78.4 cm³/mol. The van der Waals surface area contributed by atoms with Gasteiger partial charge in [-0.15, -0.1) is 0 Å². The number of hydrogen-bond donors (Lipinski definition) is 1. The maximum absolute atomic E-state index is 11.9. The molecular formula is C15H20N4O. The van der Waals surface area contributed by atoms with Crippen LogP contribution < -0.4 is 5.32 Å². The number of nitrogens with zero attached hydrogens (tertiary/aromatic N) is 3. The summed E-state index contributed by atoms with van der Waals surface area (Å²) in [6.07, 6.45) is 5.66. The predicted octanol–water partition coefficient (Wildman–Crippen LogP) is 2.57. The molecule has 0 aromatic carbocycles. The standard InChI is InChI=1S/C15H20N4O/c1-3-9-19-12(2)10-14(18-19)17-15(20)7-6-13-5-4-8-16-11-13/h4-5,8,10-11H,3,6-7,9H2,1-2H3,(H,17,18,20). The molecule has 20 heavy (non-hydrogen) atoms. The third-order valence-corrected chi connectivity index (χ3v) is 3.05. The van der Waals surface area contributed by atoms with Crippen LogP contribution in [0.5, 0.6) is 0 Å². The van der Waals surface area contributed by atoms with Gasteiger partial charge in [-0.3, -0.25) is 14.5 Å². The van der Waals surface area contributed by atoms with Crippen molar-refractivity contribution >= 4 is 11.7 Å². The summed E-state index contributed by atoms with van der Waals surface area (Å²) in [6.45, 7) is 4.97. The zero-order valence-electron chi connectivity index (χ0n) is 12.0. The first-order valence-corrected chi connectivity index (χ1v) is 6.92. The average molecular weight is 272 g/mol. The van der Waals surface area contributed by atoms with Crippen molar-refractivity contribution in [3.05, 3.63) is 41.9 Å². The minimum atomic E-state index is -0.0185. The summed E-state index contributed by atoms with van der Waals surface area (Å²) in [6, 6.07) is 5.75. The second-order valence-electron chi connectivity index (χ2n) is 4.80. The Kier molecular flexibility index (Phi) is 4.87. The number of amides is 1. The number of rotatable bonds is 6. The number of pyridine rings is 1. The van der Waals surface area contributed by atoms with E-state index in [4.69, 9.17) is 0 Å². The van der Waals surface area contributed by atoms with Crippen LogP contribution in [0.1, 0.15) is 31.0 Å².